The number of anilines is 1. The number of halogens is 2. The molecule has 3 N–H and O–H groups in total. The molecular weight excluding hydrogens is 487 g/mol. The van der Waals surface area contributed by atoms with Gasteiger partial charge in [0.25, 0.3) is 6.01 Å². The molecule has 0 radical (unpaired) electrons. The first-order valence-electron chi connectivity index (χ1n) is 10.7. The number of rotatable bonds is 9. The number of nitrogens with one attached hydrogen (secondary N) is 1. The number of oxazole rings is 1. The van der Waals surface area contributed by atoms with Gasteiger partial charge in [-0.1, -0.05) is 17.7 Å². The lowest BCUT2D eigenvalue weighted by atomic mass is 10.0. The van der Waals surface area contributed by atoms with Crippen molar-refractivity contribution in [2.45, 2.75) is 30.3 Å². The lowest BCUT2D eigenvalue weighted by Gasteiger charge is -2.32. The van der Waals surface area contributed by atoms with Crippen molar-refractivity contribution in [2.75, 3.05) is 38.8 Å². The Balaban J connectivity index is 1.36. The van der Waals surface area contributed by atoms with E-state index in [2.05, 4.69) is 15.2 Å². The lowest BCUT2D eigenvalue weighted by Crippen LogP contribution is -2.38. The molecule has 0 bridgehead atoms. The summed E-state index contributed by atoms with van der Waals surface area (Å²) in [4.78, 5) is 6.49. The molecule has 1 fully saturated rings. The van der Waals surface area contributed by atoms with Crippen LogP contribution < -0.4 is 19.9 Å². The minimum atomic E-state index is -3.96. The Morgan fingerprint density at radius 1 is 1.26 bits per heavy atom. The van der Waals surface area contributed by atoms with Crippen LogP contribution in [0.1, 0.15) is 18.4 Å². The third kappa shape index (κ3) is 5.72. The molecule has 1 saturated heterocycles. The molecule has 0 atom stereocenters. The van der Waals surface area contributed by atoms with Gasteiger partial charge in [-0.05, 0) is 36.6 Å². The van der Waals surface area contributed by atoms with E-state index in [9.17, 15) is 12.8 Å². The van der Waals surface area contributed by atoms with E-state index in [1.54, 1.807) is 7.11 Å². The average Bonchev–Trinajstić information content (AvgIpc) is 3.19. The molecule has 1 aliphatic heterocycles. The van der Waals surface area contributed by atoms with Gasteiger partial charge >= 0.3 is 0 Å². The van der Waals surface area contributed by atoms with Crippen LogP contribution in [0.25, 0.3) is 11.1 Å². The van der Waals surface area contributed by atoms with Crippen molar-refractivity contribution >= 4 is 38.7 Å². The Morgan fingerprint density at radius 3 is 2.71 bits per heavy atom. The van der Waals surface area contributed by atoms with Gasteiger partial charge in [0.15, 0.2) is 17.1 Å². The first kappa shape index (κ1) is 24.5. The van der Waals surface area contributed by atoms with Crippen LogP contribution in [-0.4, -0.2) is 57.8 Å². The van der Waals surface area contributed by atoms with Crippen LogP contribution in [0.3, 0.4) is 0 Å². The van der Waals surface area contributed by atoms with Crippen LogP contribution in [-0.2, 0) is 16.6 Å². The Labute approximate surface area is 202 Å². The predicted molar refractivity (Wildman–Crippen MR) is 127 cm³/mol. The summed E-state index contributed by atoms with van der Waals surface area (Å²) in [6.07, 6.45) is 1.73. The number of ether oxygens (including phenoxy) is 2. The fourth-order valence-electron chi connectivity index (χ4n) is 3.96. The molecule has 1 aliphatic rings. The predicted octanol–water partition coefficient (Wildman–Crippen LogP) is 3.56. The van der Waals surface area contributed by atoms with E-state index in [0.29, 0.717) is 28.6 Å². The first-order valence-corrected chi connectivity index (χ1v) is 12.7. The monoisotopic (exact) mass is 512 g/mol. The number of piperidine rings is 1. The van der Waals surface area contributed by atoms with Gasteiger partial charge in [0.2, 0.25) is 10.0 Å². The van der Waals surface area contributed by atoms with Gasteiger partial charge in [0.05, 0.1) is 12.1 Å². The molecule has 0 saturated carbocycles. The number of fused-ring (bicyclic) bond motifs is 1. The number of benzene rings is 2. The van der Waals surface area contributed by atoms with Crippen molar-refractivity contribution in [3.63, 3.8) is 0 Å². The van der Waals surface area contributed by atoms with Crippen LogP contribution in [0.15, 0.2) is 39.6 Å². The molecule has 1 aromatic heterocycles. The SMILES string of the molecule is COc1ccc(CN2CCC(Nc3nc4cc(Cl)c(S(N)(=O)=O)cc4o3)CC2)cc1OCCF. The van der Waals surface area contributed by atoms with Crippen molar-refractivity contribution in [3.05, 3.63) is 40.9 Å². The minimum Gasteiger partial charge on any atom is -0.493 e. The Kier molecular flexibility index (Phi) is 7.46. The lowest BCUT2D eigenvalue weighted by molar-refractivity contribution is 0.209. The van der Waals surface area contributed by atoms with Gasteiger partial charge in [-0.15, -0.1) is 0 Å². The molecule has 34 heavy (non-hydrogen) atoms. The summed E-state index contributed by atoms with van der Waals surface area (Å²) < 4.78 is 52.2. The molecule has 0 unspecified atom stereocenters. The second-order valence-corrected chi connectivity index (χ2v) is 9.97. The number of primary sulfonamides is 1. The highest BCUT2D eigenvalue weighted by molar-refractivity contribution is 7.89. The average molecular weight is 513 g/mol. The summed E-state index contributed by atoms with van der Waals surface area (Å²) in [7, 11) is -2.41. The smallest absolute Gasteiger partial charge is 0.295 e. The molecule has 184 valence electrons. The maximum Gasteiger partial charge on any atom is 0.295 e. The normalized spacial score (nSPS) is 15.5. The topological polar surface area (TPSA) is 120 Å². The van der Waals surface area contributed by atoms with Gasteiger partial charge in [0.1, 0.15) is 23.7 Å². The fraction of sp³-hybridized carbons (Fsp3) is 0.409. The Morgan fingerprint density at radius 2 is 2.03 bits per heavy atom. The number of alkyl halides is 1. The summed E-state index contributed by atoms with van der Waals surface area (Å²) >= 11 is 6.02. The third-order valence-corrected chi connectivity index (χ3v) is 7.01. The van der Waals surface area contributed by atoms with Crippen LogP contribution in [0.4, 0.5) is 10.4 Å². The molecule has 2 heterocycles. The van der Waals surface area contributed by atoms with Gasteiger partial charge in [-0.2, -0.15) is 4.98 Å². The third-order valence-electron chi connectivity index (χ3n) is 5.63. The largest absolute Gasteiger partial charge is 0.493 e. The van der Waals surface area contributed by atoms with Crippen LogP contribution >= 0.6 is 11.6 Å². The maximum atomic E-state index is 12.5. The maximum absolute atomic E-state index is 12.5. The molecule has 2 aromatic carbocycles. The minimum absolute atomic E-state index is 0.0000540. The number of hydrogen-bond acceptors (Lipinski definition) is 8. The van der Waals surface area contributed by atoms with Gasteiger partial charge in [-0.25, -0.2) is 17.9 Å². The van der Waals surface area contributed by atoms with Crippen LogP contribution in [0, 0.1) is 0 Å². The van der Waals surface area contributed by atoms with Crippen molar-refractivity contribution < 1.29 is 26.7 Å². The number of likely N-dealkylation sites (tertiary alicyclic amines) is 1. The number of aromatic nitrogens is 1. The summed E-state index contributed by atoms with van der Waals surface area (Å²) in [5, 5.41) is 8.47. The van der Waals surface area contributed by atoms with Crippen molar-refractivity contribution in [2.24, 2.45) is 5.14 Å². The number of sulfonamides is 1. The fourth-order valence-corrected chi connectivity index (χ4v) is 5.04. The number of nitrogens with two attached hydrogens (primary N) is 1. The van der Waals surface area contributed by atoms with E-state index in [4.69, 9.17) is 30.6 Å². The highest BCUT2D eigenvalue weighted by Gasteiger charge is 2.22. The molecule has 9 nitrogen and oxygen atoms in total. The molecule has 0 spiro atoms. The zero-order valence-electron chi connectivity index (χ0n) is 18.6. The Bertz CT molecular complexity index is 1260. The van der Waals surface area contributed by atoms with E-state index in [-0.39, 0.29) is 22.6 Å². The van der Waals surface area contributed by atoms with Gasteiger partial charge < -0.3 is 19.2 Å². The van der Waals surface area contributed by atoms with E-state index in [1.165, 1.54) is 12.1 Å². The standard InChI is InChI=1S/C22H26ClFN4O5S/c1-31-18-3-2-14(10-20(18)32-9-6-24)13-28-7-4-15(5-8-28)26-22-27-17-11-16(23)21(34(25,29)30)12-19(17)33-22/h2-3,10-12,15H,4-9,13H2,1H3,(H,26,27)(H2,25,29,30). The summed E-state index contributed by atoms with van der Waals surface area (Å²) in [5.74, 6) is 1.12. The van der Waals surface area contributed by atoms with Crippen LogP contribution in [0.2, 0.25) is 5.02 Å². The van der Waals surface area contributed by atoms with E-state index in [1.807, 2.05) is 18.2 Å². The quantitative estimate of drug-likeness (QED) is 0.446. The molecule has 0 amide bonds. The van der Waals surface area contributed by atoms with Gasteiger partial charge in [0, 0.05) is 31.7 Å². The van der Waals surface area contributed by atoms with Crippen molar-refractivity contribution in [1.29, 1.82) is 0 Å². The van der Waals surface area contributed by atoms with Crippen molar-refractivity contribution in [1.82, 2.24) is 9.88 Å². The van der Waals surface area contributed by atoms with E-state index >= 15 is 0 Å². The van der Waals surface area contributed by atoms with E-state index < -0.39 is 16.7 Å². The number of hydrogen-bond donors (Lipinski definition) is 2. The zero-order chi connectivity index (χ0) is 24.3. The summed E-state index contributed by atoms with van der Waals surface area (Å²) in [6, 6.07) is 8.86. The van der Waals surface area contributed by atoms with Crippen molar-refractivity contribution in [3.8, 4) is 11.5 Å². The molecular formula is C22H26ClFN4O5S. The van der Waals surface area contributed by atoms with Crippen LogP contribution in [0.5, 0.6) is 11.5 Å². The molecule has 12 heteroatoms. The molecule has 0 aliphatic carbocycles. The second kappa shape index (κ2) is 10.3. The molecule has 4 rings (SSSR count). The van der Waals surface area contributed by atoms with Gasteiger partial charge in [-0.3, -0.25) is 4.90 Å². The Hall–Kier alpha value is -2.60. The highest BCUT2D eigenvalue weighted by atomic mass is 35.5. The van der Waals surface area contributed by atoms with E-state index in [0.717, 1.165) is 38.0 Å². The summed E-state index contributed by atoms with van der Waals surface area (Å²) in [5.41, 5.74) is 1.80. The first-order chi connectivity index (χ1) is 16.3. The highest BCUT2D eigenvalue weighted by Crippen LogP contribution is 2.31. The number of nitrogens with zero attached hydrogens (tertiary/aromatic N) is 2. The summed E-state index contributed by atoms with van der Waals surface area (Å²) in [6.45, 7) is 1.87. The zero-order valence-corrected chi connectivity index (χ0v) is 20.2. The second-order valence-electron chi connectivity index (χ2n) is 8.03. The number of methoxy groups -OCH3 is 1. The molecule has 3 aromatic rings.